The highest BCUT2D eigenvalue weighted by atomic mass is 19.1. The first kappa shape index (κ1) is 9.34. The molecular formula is C10H7FN2O2. The zero-order chi connectivity index (χ0) is 11.0. The van der Waals surface area contributed by atoms with Crippen molar-refractivity contribution in [3.8, 4) is 12.0 Å². The van der Waals surface area contributed by atoms with Gasteiger partial charge in [-0.25, -0.2) is 9.18 Å². The summed E-state index contributed by atoms with van der Waals surface area (Å²) in [5.74, 6) is 1.29. The highest BCUT2D eigenvalue weighted by molar-refractivity contribution is 5.78. The molecule has 1 aromatic carbocycles. The lowest BCUT2D eigenvalue weighted by molar-refractivity contribution is 0.542. The first-order valence-corrected chi connectivity index (χ1v) is 4.17. The lowest BCUT2D eigenvalue weighted by Crippen LogP contribution is -2.08. The highest BCUT2D eigenvalue weighted by Crippen LogP contribution is 2.19. The molecular weight excluding hydrogens is 199 g/mol. The van der Waals surface area contributed by atoms with E-state index in [0.29, 0.717) is 0 Å². The van der Waals surface area contributed by atoms with E-state index in [-0.39, 0.29) is 16.8 Å². The van der Waals surface area contributed by atoms with Gasteiger partial charge in [0.1, 0.15) is 11.3 Å². The number of nitrogens with zero attached hydrogens (tertiary/aromatic N) is 1. The van der Waals surface area contributed by atoms with Crippen LogP contribution in [0.3, 0.4) is 0 Å². The van der Waals surface area contributed by atoms with E-state index < -0.39 is 11.6 Å². The maximum absolute atomic E-state index is 13.1. The smallest absolute Gasteiger partial charge is 0.407 e. The topological polar surface area (TPSA) is 61.2 Å². The van der Waals surface area contributed by atoms with Crippen LogP contribution in [0.5, 0.6) is 0 Å². The van der Waals surface area contributed by atoms with Crippen LogP contribution in [-0.2, 0) is 0 Å². The zero-order valence-corrected chi connectivity index (χ0v) is 7.87. The number of anilines is 1. The van der Waals surface area contributed by atoms with Crippen molar-refractivity contribution in [1.29, 1.82) is 0 Å². The van der Waals surface area contributed by atoms with Gasteiger partial charge in [0.2, 0.25) is 0 Å². The third-order valence-corrected chi connectivity index (χ3v) is 1.92. The molecule has 0 amide bonds. The summed E-state index contributed by atoms with van der Waals surface area (Å²) in [5, 5.41) is 0. The average Bonchev–Trinajstić information content (AvgIpc) is 2.46. The molecule has 0 bridgehead atoms. The Bertz CT molecular complexity index is 643. The van der Waals surface area contributed by atoms with Crippen molar-refractivity contribution in [3.05, 3.63) is 28.5 Å². The third-order valence-electron chi connectivity index (χ3n) is 1.92. The van der Waals surface area contributed by atoms with Crippen molar-refractivity contribution in [2.24, 2.45) is 0 Å². The van der Waals surface area contributed by atoms with Crippen LogP contribution in [0.2, 0.25) is 0 Å². The number of hydrogen-bond donors (Lipinski definition) is 1. The summed E-state index contributed by atoms with van der Waals surface area (Å²) in [7, 11) is 0. The predicted octanol–water partition coefficient (Wildman–Crippen LogP) is 1.14. The number of rotatable bonds is 0. The second kappa shape index (κ2) is 3.17. The molecule has 15 heavy (non-hydrogen) atoms. The van der Waals surface area contributed by atoms with Gasteiger partial charge in [-0.3, -0.25) is 0 Å². The van der Waals surface area contributed by atoms with E-state index in [9.17, 15) is 9.18 Å². The zero-order valence-electron chi connectivity index (χ0n) is 7.87. The van der Waals surface area contributed by atoms with Gasteiger partial charge in [0, 0.05) is 18.2 Å². The van der Waals surface area contributed by atoms with Gasteiger partial charge in [0.05, 0.1) is 5.69 Å². The van der Waals surface area contributed by atoms with E-state index in [1.54, 1.807) is 6.92 Å². The fraction of sp³-hybridized carbons (Fsp3) is 0.100. The summed E-state index contributed by atoms with van der Waals surface area (Å²) in [5.41, 5.74) is 5.78. The molecule has 0 aliphatic heterocycles. The largest absolute Gasteiger partial charge is 0.432 e. The fourth-order valence-electron chi connectivity index (χ4n) is 1.27. The van der Waals surface area contributed by atoms with Gasteiger partial charge in [-0.15, -0.1) is 0 Å². The number of aromatic nitrogens is 1. The number of nitrogen functional groups attached to an aromatic ring is 1. The summed E-state index contributed by atoms with van der Waals surface area (Å²) in [4.78, 5) is 11.3. The monoisotopic (exact) mass is 206 g/mol. The number of hydrogen-bond acceptors (Lipinski definition) is 3. The minimum absolute atomic E-state index is 0.0622. The molecule has 0 radical (unpaired) electrons. The molecule has 0 atom stereocenters. The second-order valence-corrected chi connectivity index (χ2v) is 2.91. The molecule has 0 unspecified atom stereocenters. The van der Waals surface area contributed by atoms with Crippen LogP contribution >= 0.6 is 0 Å². The first-order valence-electron chi connectivity index (χ1n) is 4.17. The Balaban J connectivity index is 2.92. The molecule has 0 spiro atoms. The van der Waals surface area contributed by atoms with Crippen LogP contribution in [0.4, 0.5) is 10.1 Å². The summed E-state index contributed by atoms with van der Waals surface area (Å²) in [6, 6.07) is 4.89. The van der Waals surface area contributed by atoms with Crippen molar-refractivity contribution in [2.75, 3.05) is 5.73 Å². The van der Waals surface area contributed by atoms with Crippen LogP contribution in [0, 0.1) is 17.8 Å². The average molecular weight is 206 g/mol. The highest BCUT2D eigenvalue weighted by Gasteiger charge is 2.10. The summed E-state index contributed by atoms with van der Waals surface area (Å²) >= 11 is 0. The second-order valence-electron chi connectivity index (χ2n) is 2.91. The molecule has 0 saturated heterocycles. The maximum Gasteiger partial charge on any atom is 0.432 e. The Hall–Kier alpha value is -2.22. The van der Waals surface area contributed by atoms with Gasteiger partial charge in [-0.2, -0.15) is 4.57 Å². The van der Waals surface area contributed by atoms with E-state index >= 15 is 0 Å². The molecule has 0 aliphatic rings. The van der Waals surface area contributed by atoms with Crippen LogP contribution in [0.25, 0.3) is 11.1 Å². The van der Waals surface area contributed by atoms with Gasteiger partial charge in [-0.1, -0.05) is 5.92 Å². The van der Waals surface area contributed by atoms with Gasteiger partial charge >= 0.3 is 5.76 Å². The lowest BCUT2D eigenvalue weighted by atomic mass is 10.3. The van der Waals surface area contributed by atoms with Crippen molar-refractivity contribution < 1.29 is 8.81 Å². The van der Waals surface area contributed by atoms with E-state index in [1.807, 2.05) is 0 Å². The number of nitrogens with two attached hydrogens (primary N) is 1. The molecule has 2 N–H and O–H groups in total. The van der Waals surface area contributed by atoms with Crippen LogP contribution in [-0.4, -0.2) is 4.57 Å². The third kappa shape index (κ3) is 1.36. The summed E-state index contributed by atoms with van der Waals surface area (Å²) in [6.07, 6.45) is 0. The molecule has 0 fully saturated rings. The molecule has 4 nitrogen and oxygen atoms in total. The maximum atomic E-state index is 13.1. The normalized spacial score (nSPS) is 10.0. The van der Waals surface area contributed by atoms with Crippen molar-refractivity contribution in [3.63, 3.8) is 0 Å². The minimum atomic E-state index is -0.649. The Morgan fingerprint density at radius 3 is 2.93 bits per heavy atom. The molecule has 5 heteroatoms. The Kier molecular flexibility index (Phi) is 1.97. The quantitative estimate of drug-likeness (QED) is 0.519. The minimum Gasteiger partial charge on any atom is -0.407 e. The Morgan fingerprint density at radius 1 is 1.53 bits per heavy atom. The predicted molar refractivity (Wildman–Crippen MR) is 53.7 cm³/mol. The molecule has 76 valence electrons. The van der Waals surface area contributed by atoms with Crippen molar-refractivity contribution in [2.45, 2.75) is 6.92 Å². The molecule has 2 rings (SSSR count). The van der Waals surface area contributed by atoms with E-state index in [0.717, 1.165) is 10.6 Å². The van der Waals surface area contributed by atoms with E-state index in [2.05, 4.69) is 12.0 Å². The van der Waals surface area contributed by atoms with Crippen LogP contribution < -0.4 is 11.5 Å². The Labute approximate surface area is 84.1 Å². The number of benzene rings is 1. The van der Waals surface area contributed by atoms with Gasteiger partial charge in [0.15, 0.2) is 5.58 Å². The van der Waals surface area contributed by atoms with Crippen molar-refractivity contribution >= 4 is 16.8 Å². The van der Waals surface area contributed by atoms with Gasteiger partial charge in [0.25, 0.3) is 0 Å². The standard InChI is InChI=1S/C10H7FN2O2/c1-2-3-13-8-4-6(11)7(12)5-9(8)15-10(13)14/h4-5H,12H2,1H3. The fourth-order valence-corrected chi connectivity index (χ4v) is 1.27. The van der Waals surface area contributed by atoms with Crippen LogP contribution in [0.15, 0.2) is 21.3 Å². The molecule has 0 saturated carbocycles. The van der Waals surface area contributed by atoms with Crippen LogP contribution in [0.1, 0.15) is 6.92 Å². The summed E-state index contributed by atoms with van der Waals surface area (Å²) in [6.45, 7) is 1.57. The number of halogens is 1. The Morgan fingerprint density at radius 2 is 2.27 bits per heavy atom. The molecule has 1 aromatic heterocycles. The molecule has 1 heterocycles. The van der Waals surface area contributed by atoms with Gasteiger partial charge in [-0.05, 0) is 6.92 Å². The summed E-state index contributed by atoms with van der Waals surface area (Å²) < 4.78 is 19.0. The SMILES string of the molecule is CC#Cn1c(=O)oc2cc(N)c(F)cc21. The first-order chi connectivity index (χ1) is 7.13. The lowest BCUT2D eigenvalue weighted by Gasteiger charge is -1.95. The molecule has 0 aliphatic carbocycles. The number of fused-ring (bicyclic) bond motifs is 1. The number of oxazole rings is 1. The van der Waals surface area contributed by atoms with Gasteiger partial charge < -0.3 is 10.2 Å². The van der Waals surface area contributed by atoms with Crippen molar-refractivity contribution in [1.82, 2.24) is 4.57 Å². The van der Waals surface area contributed by atoms with E-state index in [1.165, 1.54) is 6.07 Å². The molecule has 2 aromatic rings. The van der Waals surface area contributed by atoms with E-state index in [4.69, 9.17) is 10.2 Å².